The van der Waals surface area contributed by atoms with Crippen molar-refractivity contribution in [2.75, 3.05) is 37.6 Å². The Morgan fingerprint density at radius 3 is 2.82 bits per heavy atom. The number of benzene rings is 1. The van der Waals surface area contributed by atoms with Gasteiger partial charge in [0.25, 0.3) is 0 Å². The highest BCUT2D eigenvalue weighted by Gasteiger charge is 2.15. The molecule has 90 valence electrons. The molecule has 2 aromatic rings. The maximum atomic E-state index is 4.06. The minimum atomic E-state index is 1.12. The largest absolute Gasteiger partial charge is 0.369 e. The maximum Gasteiger partial charge on any atom is 0.0670 e. The summed E-state index contributed by atoms with van der Waals surface area (Å²) in [6.45, 7) is 7.95. The van der Waals surface area contributed by atoms with Crippen LogP contribution in [0.2, 0.25) is 0 Å². The summed E-state index contributed by atoms with van der Waals surface area (Å²) in [4.78, 5) is 4.94. The molecule has 1 aliphatic heterocycles. The molecule has 0 radical (unpaired) electrons. The predicted octanol–water partition coefficient (Wildman–Crippen LogP) is 1.70. The molecule has 1 saturated heterocycles. The predicted molar refractivity (Wildman–Crippen MR) is 70.4 cm³/mol. The lowest BCUT2D eigenvalue weighted by molar-refractivity contribution is 0.271. The Labute approximate surface area is 101 Å². The number of nitrogens with one attached hydrogen (secondary N) is 1. The summed E-state index contributed by atoms with van der Waals surface area (Å²) in [5, 5.41) is 8.27. The number of aromatic nitrogens is 2. The Morgan fingerprint density at radius 2 is 2.06 bits per heavy atom. The van der Waals surface area contributed by atoms with Crippen LogP contribution >= 0.6 is 0 Å². The number of fused-ring (bicyclic) bond motifs is 1. The quantitative estimate of drug-likeness (QED) is 0.853. The fourth-order valence-corrected chi connectivity index (χ4v) is 2.44. The lowest BCUT2D eigenvalue weighted by atomic mass is 10.2. The average Bonchev–Trinajstić information content (AvgIpc) is 2.86. The van der Waals surface area contributed by atoms with Crippen LogP contribution in [-0.4, -0.2) is 47.8 Å². The molecule has 0 atom stereocenters. The van der Waals surface area contributed by atoms with Gasteiger partial charge in [0.05, 0.1) is 11.7 Å². The SMILES string of the molecule is CCN1CCN(c2ccc3cn[nH]c3c2)CC1. The van der Waals surface area contributed by atoms with Crippen molar-refractivity contribution in [2.24, 2.45) is 0 Å². The minimum absolute atomic E-state index is 1.12. The first kappa shape index (κ1) is 10.6. The summed E-state index contributed by atoms with van der Waals surface area (Å²) in [6.07, 6.45) is 1.87. The molecule has 0 aliphatic carbocycles. The van der Waals surface area contributed by atoms with E-state index in [1.807, 2.05) is 6.20 Å². The van der Waals surface area contributed by atoms with Gasteiger partial charge in [-0.1, -0.05) is 6.92 Å². The second-order valence-electron chi connectivity index (χ2n) is 4.56. The van der Waals surface area contributed by atoms with E-state index < -0.39 is 0 Å². The molecule has 1 N–H and O–H groups in total. The number of nitrogens with zero attached hydrogens (tertiary/aromatic N) is 3. The first-order chi connectivity index (χ1) is 8.36. The molecule has 1 aliphatic rings. The lowest BCUT2D eigenvalue weighted by Gasteiger charge is -2.35. The van der Waals surface area contributed by atoms with Gasteiger partial charge in [-0.25, -0.2) is 0 Å². The third kappa shape index (κ3) is 2.00. The Kier molecular flexibility index (Phi) is 2.73. The van der Waals surface area contributed by atoms with Crippen molar-refractivity contribution in [2.45, 2.75) is 6.92 Å². The molecule has 1 fully saturated rings. The summed E-state index contributed by atoms with van der Waals surface area (Å²) in [7, 11) is 0. The van der Waals surface area contributed by atoms with E-state index in [9.17, 15) is 0 Å². The standard InChI is InChI=1S/C13H18N4/c1-2-16-5-7-17(8-6-16)12-4-3-11-10-14-15-13(11)9-12/h3-4,9-10H,2,5-8H2,1H3,(H,14,15). The zero-order valence-electron chi connectivity index (χ0n) is 10.2. The molecule has 0 amide bonds. The Hall–Kier alpha value is -1.55. The molecule has 1 aromatic carbocycles. The van der Waals surface area contributed by atoms with E-state index in [0.29, 0.717) is 0 Å². The number of hydrogen-bond acceptors (Lipinski definition) is 3. The van der Waals surface area contributed by atoms with Crippen LogP contribution in [0.5, 0.6) is 0 Å². The van der Waals surface area contributed by atoms with Crippen LogP contribution in [0, 0.1) is 0 Å². The lowest BCUT2D eigenvalue weighted by Crippen LogP contribution is -2.46. The van der Waals surface area contributed by atoms with E-state index in [4.69, 9.17) is 0 Å². The van der Waals surface area contributed by atoms with Gasteiger partial charge in [0, 0.05) is 37.3 Å². The van der Waals surface area contributed by atoms with Crippen molar-refractivity contribution in [3.63, 3.8) is 0 Å². The monoisotopic (exact) mass is 230 g/mol. The number of piperazine rings is 1. The molecule has 3 rings (SSSR count). The molecule has 1 aromatic heterocycles. The molecule has 4 heteroatoms. The second kappa shape index (κ2) is 4.37. The van der Waals surface area contributed by atoms with Gasteiger partial charge < -0.3 is 9.80 Å². The maximum absolute atomic E-state index is 4.06. The summed E-state index contributed by atoms with van der Waals surface area (Å²) in [5.41, 5.74) is 2.43. The van der Waals surface area contributed by atoms with Gasteiger partial charge in [-0.15, -0.1) is 0 Å². The van der Waals surface area contributed by atoms with Gasteiger partial charge in [-0.3, -0.25) is 5.10 Å². The van der Waals surface area contributed by atoms with Crippen LogP contribution in [0.15, 0.2) is 24.4 Å². The minimum Gasteiger partial charge on any atom is -0.369 e. The average molecular weight is 230 g/mol. The van der Waals surface area contributed by atoms with Crippen LogP contribution < -0.4 is 4.90 Å². The molecule has 0 spiro atoms. The van der Waals surface area contributed by atoms with Crippen LogP contribution in [0.4, 0.5) is 5.69 Å². The molecule has 2 heterocycles. The van der Waals surface area contributed by atoms with Gasteiger partial charge in [-0.2, -0.15) is 5.10 Å². The first-order valence-corrected chi connectivity index (χ1v) is 6.27. The Balaban J connectivity index is 1.79. The van der Waals surface area contributed by atoms with Crippen molar-refractivity contribution < 1.29 is 0 Å². The number of H-pyrrole nitrogens is 1. The van der Waals surface area contributed by atoms with Gasteiger partial charge in [-0.05, 0) is 24.7 Å². The zero-order chi connectivity index (χ0) is 11.7. The summed E-state index contributed by atoms with van der Waals surface area (Å²) < 4.78 is 0. The van der Waals surface area contributed by atoms with Crippen LogP contribution in [-0.2, 0) is 0 Å². The first-order valence-electron chi connectivity index (χ1n) is 6.27. The normalized spacial score (nSPS) is 17.8. The van der Waals surface area contributed by atoms with E-state index >= 15 is 0 Å². The van der Waals surface area contributed by atoms with Crippen LogP contribution in [0.1, 0.15) is 6.92 Å². The van der Waals surface area contributed by atoms with Crippen molar-refractivity contribution in [3.05, 3.63) is 24.4 Å². The molecular weight excluding hydrogens is 212 g/mol. The highest BCUT2D eigenvalue weighted by molar-refractivity contribution is 5.81. The topological polar surface area (TPSA) is 35.2 Å². The van der Waals surface area contributed by atoms with Gasteiger partial charge in [0.1, 0.15) is 0 Å². The fourth-order valence-electron chi connectivity index (χ4n) is 2.44. The highest BCUT2D eigenvalue weighted by Crippen LogP contribution is 2.21. The van der Waals surface area contributed by atoms with Crippen molar-refractivity contribution >= 4 is 16.6 Å². The highest BCUT2D eigenvalue weighted by atomic mass is 15.3. The summed E-state index contributed by atoms with van der Waals surface area (Å²) >= 11 is 0. The summed E-state index contributed by atoms with van der Waals surface area (Å²) in [6, 6.07) is 6.53. The van der Waals surface area contributed by atoms with Crippen molar-refractivity contribution in [1.29, 1.82) is 0 Å². The molecule has 0 bridgehead atoms. The van der Waals surface area contributed by atoms with Crippen LogP contribution in [0.25, 0.3) is 10.9 Å². The van der Waals surface area contributed by atoms with E-state index in [1.165, 1.54) is 11.1 Å². The second-order valence-corrected chi connectivity index (χ2v) is 4.56. The molecule has 4 nitrogen and oxygen atoms in total. The van der Waals surface area contributed by atoms with Crippen molar-refractivity contribution in [3.8, 4) is 0 Å². The van der Waals surface area contributed by atoms with Gasteiger partial charge in [0.15, 0.2) is 0 Å². The number of rotatable bonds is 2. The fraction of sp³-hybridized carbons (Fsp3) is 0.462. The van der Waals surface area contributed by atoms with Crippen LogP contribution in [0.3, 0.4) is 0 Å². The number of likely N-dealkylation sites (N-methyl/N-ethyl adjacent to an activating group) is 1. The van der Waals surface area contributed by atoms with Gasteiger partial charge in [0.2, 0.25) is 0 Å². The van der Waals surface area contributed by atoms with Crippen molar-refractivity contribution in [1.82, 2.24) is 15.1 Å². The molecular formula is C13H18N4. The molecule has 0 saturated carbocycles. The number of anilines is 1. The molecule has 0 unspecified atom stereocenters. The smallest absolute Gasteiger partial charge is 0.0670 e. The Bertz CT molecular complexity index is 497. The Morgan fingerprint density at radius 1 is 1.24 bits per heavy atom. The summed E-state index contributed by atoms with van der Waals surface area (Å²) in [5.74, 6) is 0. The van der Waals surface area contributed by atoms with E-state index in [2.05, 4.69) is 45.1 Å². The zero-order valence-corrected chi connectivity index (χ0v) is 10.2. The third-order valence-corrected chi connectivity index (χ3v) is 3.61. The van der Waals surface area contributed by atoms with E-state index in [0.717, 1.165) is 38.2 Å². The van der Waals surface area contributed by atoms with E-state index in [-0.39, 0.29) is 0 Å². The third-order valence-electron chi connectivity index (χ3n) is 3.61. The van der Waals surface area contributed by atoms with Gasteiger partial charge >= 0.3 is 0 Å². The van der Waals surface area contributed by atoms with E-state index in [1.54, 1.807) is 0 Å². The number of aromatic amines is 1. The number of hydrogen-bond donors (Lipinski definition) is 1. The molecule has 17 heavy (non-hydrogen) atoms.